The Morgan fingerprint density at radius 2 is 1.88 bits per heavy atom. The molecular weight excluding hydrogens is 432 g/mol. The van der Waals surface area contributed by atoms with Crippen LogP contribution in [0.2, 0.25) is 0 Å². The molecule has 1 N–H and O–H groups in total. The zero-order valence-electron chi connectivity index (χ0n) is 18.3. The summed E-state index contributed by atoms with van der Waals surface area (Å²) in [4.78, 5) is 26.6. The van der Waals surface area contributed by atoms with Gasteiger partial charge in [0, 0.05) is 57.6 Å². The summed E-state index contributed by atoms with van der Waals surface area (Å²) in [6.07, 6.45) is 2.89. The Labute approximate surface area is 186 Å². The average Bonchev–Trinajstić information content (AvgIpc) is 3.09. The van der Waals surface area contributed by atoms with Crippen LogP contribution in [0.1, 0.15) is 12.7 Å². The normalized spacial score (nSPS) is 15.8. The fourth-order valence-electron chi connectivity index (χ4n) is 4.05. The lowest BCUT2D eigenvalue weighted by molar-refractivity contribution is -0.114. The van der Waals surface area contributed by atoms with Crippen molar-refractivity contribution in [3.63, 3.8) is 0 Å². The van der Waals surface area contributed by atoms with Gasteiger partial charge >= 0.3 is 0 Å². The SMILES string of the molecule is CC(=O)Nc1cccc(-c2c(CN3CCN(S(C)(=O)=O)CC3)oc3ccn(C)c(=O)c23)c1. The molecule has 0 atom stereocenters. The lowest BCUT2D eigenvalue weighted by Crippen LogP contribution is -2.47. The van der Waals surface area contributed by atoms with Crippen molar-refractivity contribution >= 4 is 32.6 Å². The van der Waals surface area contributed by atoms with Gasteiger partial charge in [-0.25, -0.2) is 8.42 Å². The monoisotopic (exact) mass is 458 g/mol. The first-order valence-corrected chi connectivity index (χ1v) is 12.1. The highest BCUT2D eigenvalue weighted by atomic mass is 32.2. The summed E-state index contributed by atoms with van der Waals surface area (Å²) in [5.74, 6) is 0.454. The van der Waals surface area contributed by atoms with Gasteiger partial charge in [0.05, 0.1) is 18.2 Å². The minimum atomic E-state index is -3.21. The van der Waals surface area contributed by atoms with E-state index in [-0.39, 0.29) is 11.5 Å². The van der Waals surface area contributed by atoms with E-state index in [0.717, 1.165) is 5.56 Å². The van der Waals surface area contributed by atoms with E-state index < -0.39 is 10.0 Å². The molecule has 4 rings (SSSR count). The van der Waals surface area contributed by atoms with Crippen LogP contribution in [0.25, 0.3) is 22.1 Å². The first-order chi connectivity index (χ1) is 15.1. The van der Waals surface area contributed by atoms with E-state index in [2.05, 4.69) is 10.2 Å². The minimum absolute atomic E-state index is 0.167. The maximum Gasteiger partial charge on any atom is 0.262 e. The van der Waals surface area contributed by atoms with Crippen molar-refractivity contribution in [3.8, 4) is 11.1 Å². The maximum absolute atomic E-state index is 13.0. The standard InChI is InChI=1S/C22H26N4O5S/c1-15(27)23-17-6-4-5-16(13-17)20-19(31-18-7-8-24(2)22(28)21(18)20)14-25-9-11-26(12-10-25)32(3,29)30/h4-8,13H,9-12,14H2,1-3H3,(H,23,27). The maximum atomic E-state index is 13.0. The van der Waals surface area contributed by atoms with Gasteiger partial charge in [-0.15, -0.1) is 0 Å². The van der Waals surface area contributed by atoms with Crippen molar-refractivity contribution in [2.75, 3.05) is 37.8 Å². The van der Waals surface area contributed by atoms with Crippen molar-refractivity contribution in [1.82, 2.24) is 13.8 Å². The summed E-state index contributed by atoms with van der Waals surface area (Å²) in [5.41, 5.74) is 2.42. The van der Waals surface area contributed by atoms with E-state index in [1.807, 2.05) is 18.2 Å². The minimum Gasteiger partial charge on any atom is -0.459 e. The van der Waals surface area contributed by atoms with Gasteiger partial charge in [-0.2, -0.15) is 4.31 Å². The van der Waals surface area contributed by atoms with Gasteiger partial charge in [0.15, 0.2) is 0 Å². The van der Waals surface area contributed by atoms with Crippen LogP contribution >= 0.6 is 0 Å². The number of aromatic nitrogens is 1. The Balaban J connectivity index is 1.75. The molecule has 1 aliphatic heterocycles. The molecule has 1 aliphatic rings. The molecule has 9 nitrogen and oxygen atoms in total. The third-order valence-electron chi connectivity index (χ3n) is 5.63. The molecule has 1 fully saturated rings. The van der Waals surface area contributed by atoms with E-state index in [0.29, 0.717) is 60.7 Å². The second kappa shape index (κ2) is 8.53. The Kier molecular flexibility index (Phi) is 5.93. The third-order valence-corrected chi connectivity index (χ3v) is 6.93. The fourth-order valence-corrected chi connectivity index (χ4v) is 4.87. The van der Waals surface area contributed by atoms with E-state index in [9.17, 15) is 18.0 Å². The molecule has 0 radical (unpaired) electrons. The number of carbonyl (C=O) groups excluding carboxylic acids is 1. The largest absolute Gasteiger partial charge is 0.459 e. The van der Waals surface area contributed by atoms with Crippen LogP contribution in [0.15, 0.2) is 45.7 Å². The van der Waals surface area contributed by atoms with Crippen molar-refractivity contribution < 1.29 is 17.6 Å². The molecule has 0 saturated carbocycles. The number of hydrogen-bond donors (Lipinski definition) is 1. The second-order valence-electron chi connectivity index (χ2n) is 8.07. The number of pyridine rings is 1. The first kappa shape index (κ1) is 22.3. The lowest BCUT2D eigenvalue weighted by atomic mass is 10.0. The highest BCUT2D eigenvalue weighted by Gasteiger charge is 2.26. The Morgan fingerprint density at radius 3 is 2.53 bits per heavy atom. The summed E-state index contributed by atoms with van der Waals surface area (Å²) in [6.45, 7) is 3.83. The van der Waals surface area contributed by atoms with Gasteiger partial charge in [-0.3, -0.25) is 14.5 Å². The molecule has 3 heterocycles. The summed E-state index contributed by atoms with van der Waals surface area (Å²) in [5, 5.41) is 3.26. The molecule has 1 saturated heterocycles. The molecule has 0 bridgehead atoms. The van der Waals surface area contributed by atoms with Crippen LogP contribution in [0.3, 0.4) is 0 Å². The summed E-state index contributed by atoms with van der Waals surface area (Å²) in [6, 6.07) is 9.08. The van der Waals surface area contributed by atoms with Crippen molar-refractivity contribution in [3.05, 3.63) is 52.6 Å². The van der Waals surface area contributed by atoms with Gasteiger partial charge in [-0.1, -0.05) is 12.1 Å². The van der Waals surface area contributed by atoms with Crippen LogP contribution in [-0.4, -0.2) is 60.5 Å². The Bertz CT molecular complexity index is 1330. The summed E-state index contributed by atoms with van der Waals surface area (Å²) in [7, 11) is -1.52. The zero-order chi connectivity index (χ0) is 23.0. The molecule has 3 aromatic rings. The van der Waals surface area contributed by atoms with Crippen LogP contribution < -0.4 is 10.9 Å². The quantitative estimate of drug-likeness (QED) is 0.626. The molecule has 0 spiro atoms. The lowest BCUT2D eigenvalue weighted by Gasteiger charge is -2.32. The molecule has 10 heteroatoms. The van der Waals surface area contributed by atoms with Crippen LogP contribution in [0, 0.1) is 0 Å². The number of amides is 1. The number of aryl methyl sites for hydroxylation is 1. The summed E-state index contributed by atoms with van der Waals surface area (Å²) < 4.78 is 32.7. The van der Waals surface area contributed by atoms with Gasteiger partial charge < -0.3 is 14.3 Å². The third kappa shape index (κ3) is 4.47. The van der Waals surface area contributed by atoms with Gasteiger partial charge in [0.1, 0.15) is 11.3 Å². The molecule has 32 heavy (non-hydrogen) atoms. The molecule has 1 aromatic carbocycles. The Morgan fingerprint density at radius 1 is 1.16 bits per heavy atom. The van der Waals surface area contributed by atoms with Crippen LogP contribution in [0.4, 0.5) is 5.69 Å². The highest BCUT2D eigenvalue weighted by molar-refractivity contribution is 7.88. The van der Waals surface area contributed by atoms with Gasteiger partial charge in [-0.05, 0) is 23.8 Å². The number of rotatable bonds is 5. The topological polar surface area (TPSA) is 105 Å². The van der Waals surface area contributed by atoms with Crippen molar-refractivity contribution in [2.24, 2.45) is 7.05 Å². The molecule has 0 aliphatic carbocycles. The van der Waals surface area contributed by atoms with E-state index in [4.69, 9.17) is 4.42 Å². The van der Waals surface area contributed by atoms with E-state index in [1.165, 1.54) is 22.1 Å². The van der Waals surface area contributed by atoms with Crippen LogP contribution in [-0.2, 0) is 28.4 Å². The van der Waals surface area contributed by atoms with Crippen LogP contribution in [0.5, 0.6) is 0 Å². The molecule has 0 unspecified atom stereocenters. The molecule has 1 amide bonds. The van der Waals surface area contributed by atoms with Crippen molar-refractivity contribution in [1.29, 1.82) is 0 Å². The number of furan rings is 1. The predicted octanol–water partition coefficient (Wildman–Crippen LogP) is 1.83. The molecular formula is C22H26N4O5S. The van der Waals surface area contributed by atoms with Gasteiger partial charge in [0.2, 0.25) is 15.9 Å². The zero-order valence-corrected chi connectivity index (χ0v) is 19.1. The number of nitrogens with zero attached hydrogens (tertiary/aromatic N) is 3. The van der Waals surface area contributed by atoms with Gasteiger partial charge in [0.25, 0.3) is 5.56 Å². The molecule has 2 aromatic heterocycles. The number of nitrogens with one attached hydrogen (secondary N) is 1. The first-order valence-electron chi connectivity index (χ1n) is 10.3. The second-order valence-corrected chi connectivity index (χ2v) is 10.1. The Hall–Kier alpha value is -2.95. The number of carbonyl (C=O) groups is 1. The smallest absolute Gasteiger partial charge is 0.262 e. The van der Waals surface area contributed by atoms with Crippen molar-refractivity contribution in [2.45, 2.75) is 13.5 Å². The number of piperazine rings is 1. The fraction of sp³-hybridized carbons (Fsp3) is 0.364. The number of sulfonamides is 1. The highest BCUT2D eigenvalue weighted by Crippen LogP contribution is 2.35. The van der Waals surface area contributed by atoms with E-state index >= 15 is 0 Å². The average molecular weight is 459 g/mol. The molecule has 170 valence electrons. The number of hydrogen-bond acceptors (Lipinski definition) is 6. The van der Waals surface area contributed by atoms with E-state index in [1.54, 1.807) is 25.4 Å². The number of benzene rings is 1. The number of fused-ring (bicyclic) bond motifs is 1. The summed E-state index contributed by atoms with van der Waals surface area (Å²) >= 11 is 0. The predicted molar refractivity (Wildman–Crippen MR) is 123 cm³/mol. The number of anilines is 1.